The Morgan fingerprint density at radius 3 is 2.50 bits per heavy atom. The minimum absolute atomic E-state index is 0.0590. The van der Waals surface area contributed by atoms with Crippen LogP contribution in [-0.2, 0) is 16.1 Å². The first kappa shape index (κ1) is 25.5. The molecule has 2 aromatic carbocycles. The van der Waals surface area contributed by atoms with E-state index in [0.29, 0.717) is 24.7 Å². The Hall–Kier alpha value is -3.17. The second-order valence-electron chi connectivity index (χ2n) is 8.38. The molecule has 2 atom stereocenters. The van der Waals surface area contributed by atoms with Crippen LogP contribution in [0.3, 0.4) is 0 Å². The molecule has 34 heavy (non-hydrogen) atoms. The Bertz CT molecular complexity index is 1050. The number of amides is 3. The van der Waals surface area contributed by atoms with Crippen molar-refractivity contribution >= 4 is 29.3 Å². The zero-order chi connectivity index (χ0) is 24.8. The molecule has 0 saturated carbocycles. The van der Waals surface area contributed by atoms with E-state index in [-0.39, 0.29) is 48.3 Å². The highest BCUT2D eigenvalue weighted by atomic mass is 35.5. The molecule has 3 rings (SSSR count). The van der Waals surface area contributed by atoms with E-state index < -0.39 is 11.8 Å². The molecule has 0 bridgehead atoms. The SMILES string of the molecule is CC1CN(C(=O)COc2ccc(Cl)cc2C(=O)NCC(N)=O)C(C)CN1Cc1ccc(F)cc1. The summed E-state index contributed by atoms with van der Waals surface area (Å²) in [5.74, 6) is -1.57. The summed E-state index contributed by atoms with van der Waals surface area (Å²) in [6.07, 6.45) is 0. The average Bonchev–Trinajstić information content (AvgIpc) is 2.80. The van der Waals surface area contributed by atoms with Crippen LogP contribution in [0, 0.1) is 5.82 Å². The number of halogens is 2. The summed E-state index contributed by atoms with van der Waals surface area (Å²) < 4.78 is 18.9. The molecule has 1 aliphatic heterocycles. The molecular formula is C24H28ClFN4O4. The normalized spacial score (nSPS) is 18.4. The van der Waals surface area contributed by atoms with Crippen LogP contribution >= 0.6 is 11.6 Å². The second-order valence-corrected chi connectivity index (χ2v) is 8.81. The lowest BCUT2D eigenvalue weighted by Gasteiger charge is -2.44. The first-order valence-corrected chi connectivity index (χ1v) is 11.3. The molecule has 1 fully saturated rings. The fraction of sp³-hybridized carbons (Fsp3) is 0.375. The second kappa shape index (κ2) is 11.3. The van der Waals surface area contributed by atoms with Gasteiger partial charge in [-0.2, -0.15) is 0 Å². The van der Waals surface area contributed by atoms with E-state index in [4.69, 9.17) is 22.1 Å². The lowest BCUT2D eigenvalue weighted by molar-refractivity contribution is -0.139. The standard InChI is InChI=1S/C24H28ClFN4O4/c1-15-12-30(16(2)11-29(15)13-17-3-6-19(26)7-4-17)23(32)14-34-21-8-5-18(25)9-20(21)24(33)28-10-22(27)31/h3-9,15-16H,10-14H2,1-2H3,(H2,27,31)(H,28,33). The van der Waals surface area contributed by atoms with Gasteiger partial charge in [0, 0.05) is 36.7 Å². The molecule has 3 amide bonds. The topological polar surface area (TPSA) is 105 Å². The number of carbonyl (C=O) groups excluding carboxylic acids is 3. The Morgan fingerprint density at radius 1 is 1.12 bits per heavy atom. The molecule has 8 nitrogen and oxygen atoms in total. The summed E-state index contributed by atoms with van der Waals surface area (Å²) in [7, 11) is 0. The van der Waals surface area contributed by atoms with Gasteiger partial charge in [-0.05, 0) is 49.7 Å². The van der Waals surface area contributed by atoms with Crippen molar-refractivity contribution in [3.05, 3.63) is 64.4 Å². The van der Waals surface area contributed by atoms with Crippen molar-refractivity contribution < 1.29 is 23.5 Å². The zero-order valence-electron chi connectivity index (χ0n) is 19.1. The van der Waals surface area contributed by atoms with E-state index in [2.05, 4.69) is 10.2 Å². The van der Waals surface area contributed by atoms with Crippen LogP contribution < -0.4 is 15.8 Å². The molecule has 0 aromatic heterocycles. The lowest BCUT2D eigenvalue weighted by atomic mass is 10.1. The molecule has 0 spiro atoms. The summed E-state index contributed by atoms with van der Waals surface area (Å²) in [6.45, 7) is 5.25. The molecule has 2 unspecified atom stereocenters. The number of carbonyl (C=O) groups is 3. The van der Waals surface area contributed by atoms with Crippen molar-refractivity contribution in [2.24, 2.45) is 5.73 Å². The highest BCUT2D eigenvalue weighted by Gasteiger charge is 2.32. The van der Waals surface area contributed by atoms with Crippen LogP contribution in [0.4, 0.5) is 4.39 Å². The van der Waals surface area contributed by atoms with Gasteiger partial charge >= 0.3 is 0 Å². The van der Waals surface area contributed by atoms with Gasteiger partial charge in [-0.15, -0.1) is 0 Å². The van der Waals surface area contributed by atoms with E-state index in [1.807, 2.05) is 13.8 Å². The van der Waals surface area contributed by atoms with Gasteiger partial charge in [-0.25, -0.2) is 4.39 Å². The number of piperazine rings is 1. The third-order valence-electron chi connectivity index (χ3n) is 5.69. The van der Waals surface area contributed by atoms with E-state index in [9.17, 15) is 18.8 Å². The minimum atomic E-state index is -0.685. The molecule has 3 N–H and O–H groups in total. The van der Waals surface area contributed by atoms with E-state index in [1.165, 1.54) is 24.3 Å². The third kappa shape index (κ3) is 6.68. The monoisotopic (exact) mass is 490 g/mol. The van der Waals surface area contributed by atoms with Crippen molar-refractivity contribution in [2.45, 2.75) is 32.5 Å². The van der Waals surface area contributed by atoms with Gasteiger partial charge in [0.25, 0.3) is 11.8 Å². The van der Waals surface area contributed by atoms with Crippen molar-refractivity contribution in [1.29, 1.82) is 0 Å². The third-order valence-corrected chi connectivity index (χ3v) is 5.93. The Morgan fingerprint density at radius 2 is 1.82 bits per heavy atom. The predicted octanol–water partition coefficient (Wildman–Crippen LogP) is 2.19. The molecule has 2 aromatic rings. The van der Waals surface area contributed by atoms with Gasteiger partial charge in [0.2, 0.25) is 5.91 Å². The van der Waals surface area contributed by atoms with Crippen LogP contribution in [0.25, 0.3) is 0 Å². The van der Waals surface area contributed by atoms with Crippen molar-refractivity contribution in [3.63, 3.8) is 0 Å². The maximum atomic E-state index is 13.2. The number of nitrogens with one attached hydrogen (secondary N) is 1. The van der Waals surface area contributed by atoms with Crippen LogP contribution in [0.15, 0.2) is 42.5 Å². The first-order valence-electron chi connectivity index (χ1n) is 10.9. The zero-order valence-corrected chi connectivity index (χ0v) is 19.8. The van der Waals surface area contributed by atoms with E-state index >= 15 is 0 Å². The number of hydrogen-bond acceptors (Lipinski definition) is 5. The molecule has 1 aliphatic rings. The quantitative estimate of drug-likeness (QED) is 0.590. The fourth-order valence-electron chi connectivity index (χ4n) is 3.88. The number of rotatable bonds is 8. The molecule has 1 saturated heterocycles. The van der Waals surface area contributed by atoms with Gasteiger partial charge in [0.15, 0.2) is 6.61 Å². The highest BCUT2D eigenvalue weighted by molar-refractivity contribution is 6.31. The predicted molar refractivity (Wildman–Crippen MR) is 126 cm³/mol. The molecule has 10 heteroatoms. The van der Waals surface area contributed by atoms with Crippen LogP contribution in [0.5, 0.6) is 5.75 Å². The number of nitrogens with two attached hydrogens (primary N) is 1. The van der Waals surface area contributed by atoms with Gasteiger partial charge in [-0.3, -0.25) is 19.3 Å². The Labute approximate surface area is 202 Å². The first-order chi connectivity index (χ1) is 16.1. The van der Waals surface area contributed by atoms with E-state index in [1.54, 1.807) is 23.1 Å². The van der Waals surface area contributed by atoms with Crippen molar-refractivity contribution in [1.82, 2.24) is 15.1 Å². The van der Waals surface area contributed by atoms with Gasteiger partial charge in [0.05, 0.1) is 12.1 Å². The fourth-order valence-corrected chi connectivity index (χ4v) is 4.05. The maximum absolute atomic E-state index is 13.2. The molecule has 0 aliphatic carbocycles. The van der Waals surface area contributed by atoms with E-state index in [0.717, 1.165) is 5.56 Å². The summed E-state index contributed by atoms with van der Waals surface area (Å²) in [4.78, 5) is 40.3. The lowest BCUT2D eigenvalue weighted by Crippen LogP contribution is -2.58. The molecule has 0 radical (unpaired) electrons. The summed E-state index contributed by atoms with van der Waals surface area (Å²) in [5, 5.41) is 2.69. The highest BCUT2D eigenvalue weighted by Crippen LogP contribution is 2.24. The largest absolute Gasteiger partial charge is 0.483 e. The Kier molecular flexibility index (Phi) is 8.46. The van der Waals surface area contributed by atoms with Crippen LogP contribution in [-0.4, -0.2) is 65.8 Å². The summed E-state index contributed by atoms with van der Waals surface area (Å²) in [5.41, 5.74) is 6.18. The molecule has 182 valence electrons. The summed E-state index contributed by atoms with van der Waals surface area (Å²) in [6, 6.07) is 10.9. The van der Waals surface area contributed by atoms with Crippen molar-refractivity contribution in [2.75, 3.05) is 26.2 Å². The Balaban J connectivity index is 1.60. The number of nitrogens with zero attached hydrogens (tertiary/aromatic N) is 2. The maximum Gasteiger partial charge on any atom is 0.260 e. The smallest absolute Gasteiger partial charge is 0.260 e. The number of ether oxygens (including phenoxy) is 1. The average molecular weight is 491 g/mol. The molecular weight excluding hydrogens is 463 g/mol. The van der Waals surface area contributed by atoms with Crippen LogP contribution in [0.1, 0.15) is 29.8 Å². The number of benzene rings is 2. The summed E-state index contributed by atoms with van der Waals surface area (Å²) >= 11 is 6.00. The minimum Gasteiger partial charge on any atom is -0.483 e. The van der Waals surface area contributed by atoms with Gasteiger partial charge < -0.3 is 20.7 Å². The molecule has 1 heterocycles. The van der Waals surface area contributed by atoms with Gasteiger partial charge in [0.1, 0.15) is 11.6 Å². The number of primary amides is 1. The van der Waals surface area contributed by atoms with Crippen molar-refractivity contribution in [3.8, 4) is 5.75 Å². The van der Waals surface area contributed by atoms with Gasteiger partial charge in [-0.1, -0.05) is 23.7 Å². The number of hydrogen-bond donors (Lipinski definition) is 2. The van der Waals surface area contributed by atoms with Crippen LogP contribution in [0.2, 0.25) is 5.02 Å².